The highest BCUT2D eigenvalue weighted by atomic mass is 32.2. The molecule has 3 atom stereocenters. The fraction of sp³-hybridized carbons (Fsp3) is 0.818. The number of rotatable bonds is 9. The Hall–Kier alpha value is -0.760. The van der Waals surface area contributed by atoms with Gasteiger partial charge in [0.15, 0.2) is 0 Å². The van der Waals surface area contributed by atoms with Gasteiger partial charge in [0, 0.05) is 28.9 Å². The first-order valence-corrected chi connectivity index (χ1v) is 8.98. The van der Waals surface area contributed by atoms with Crippen molar-refractivity contribution in [1.82, 2.24) is 10.6 Å². The van der Waals surface area contributed by atoms with Crippen molar-refractivity contribution in [2.75, 3.05) is 24.8 Å². The van der Waals surface area contributed by atoms with Gasteiger partial charge in [0.2, 0.25) is 0 Å². The van der Waals surface area contributed by atoms with E-state index in [0.29, 0.717) is 25.1 Å². The van der Waals surface area contributed by atoms with Gasteiger partial charge in [-0.2, -0.15) is 11.8 Å². The minimum Gasteiger partial charge on any atom is -0.480 e. The topological polar surface area (TPSA) is 95.5 Å². The third-order valence-electron chi connectivity index (χ3n) is 2.62. The van der Waals surface area contributed by atoms with Gasteiger partial charge in [0.1, 0.15) is 6.04 Å². The molecule has 3 N–H and O–H groups in total. The lowest BCUT2D eigenvalue weighted by Gasteiger charge is -2.15. The van der Waals surface area contributed by atoms with Gasteiger partial charge in [-0.1, -0.05) is 6.92 Å². The van der Waals surface area contributed by atoms with E-state index in [1.54, 1.807) is 6.26 Å². The number of carbonyl (C=O) groups excluding carboxylic acids is 1. The van der Waals surface area contributed by atoms with Gasteiger partial charge in [-0.05, 0) is 24.9 Å². The van der Waals surface area contributed by atoms with Gasteiger partial charge in [-0.15, -0.1) is 0 Å². The van der Waals surface area contributed by atoms with E-state index in [1.165, 1.54) is 11.8 Å². The molecule has 6 nitrogen and oxygen atoms in total. The summed E-state index contributed by atoms with van der Waals surface area (Å²) in [5.74, 6) is -0.365. The smallest absolute Gasteiger partial charge is 0.326 e. The van der Waals surface area contributed by atoms with Gasteiger partial charge >= 0.3 is 12.0 Å². The average Bonchev–Trinajstić information content (AvgIpc) is 2.33. The summed E-state index contributed by atoms with van der Waals surface area (Å²) in [6, 6.07) is -1.37. The van der Waals surface area contributed by atoms with Crippen molar-refractivity contribution in [3.63, 3.8) is 0 Å². The van der Waals surface area contributed by atoms with Gasteiger partial charge in [-0.25, -0.2) is 9.59 Å². The Balaban J connectivity index is 3.99. The molecule has 0 saturated carbocycles. The number of carboxylic acids is 1. The first-order valence-electron chi connectivity index (χ1n) is 5.96. The van der Waals surface area contributed by atoms with Crippen LogP contribution in [0.2, 0.25) is 0 Å². The van der Waals surface area contributed by atoms with Crippen LogP contribution in [0.3, 0.4) is 0 Å². The fourth-order valence-corrected chi connectivity index (χ4v) is 2.18. The lowest BCUT2D eigenvalue weighted by Crippen LogP contribution is -2.46. The normalized spacial score (nSPS) is 15.3. The largest absolute Gasteiger partial charge is 0.480 e. The Labute approximate surface area is 120 Å². The molecule has 0 aliphatic heterocycles. The molecule has 0 spiro atoms. The van der Waals surface area contributed by atoms with Crippen LogP contribution in [-0.4, -0.2) is 57.4 Å². The number of carbonyl (C=O) groups is 2. The van der Waals surface area contributed by atoms with Crippen LogP contribution in [-0.2, 0) is 15.6 Å². The Morgan fingerprint density at radius 3 is 2.47 bits per heavy atom. The Morgan fingerprint density at radius 2 is 2.00 bits per heavy atom. The molecule has 2 amide bonds. The Bertz CT molecular complexity index is 326. The van der Waals surface area contributed by atoms with Crippen LogP contribution in [0.25, 0.3) is 0 Å². The van der Waals surface area contributed by atoms with Gasteiger partial charge < -0.3 is 15.7 Å². The third kappa shape index (κ3) is 8.88. The van der Waals surface area contributed by atoms with Crippen LogP contribution in [0.1, 0.15) is 19.8 Å². The highest BCUT2D eigenvalue weighted by Crippen LogP contribution is 2.01. The Kier molecular flexibility index (Phi) is 9.68. The highest BCUT2D eigenvalue weighted by Gasteiger charge is 2.19. The maximum atomic E-state index is 11.5. The number of carboxylic acid groups (broad SMARTS) is 1. The van der Waals surface area contributed by atoms with Gasteiger partial charge in [-0.3, -0.25) is 4.21 Å². The monoisotopic (exact) mass is 310 g/mol. The molecule has 0 fully saturated rings. The summed E-state index contributed by atoms with van der Waals surface area (Å²) >= 11 is 1.53. The number of amides is 2. The zero-order valence-corrected chi connectivity index (χ0v) is 13.1. The molecule has 0 aromatic heterocycles. The van der Waals surface area contributed by atoms with Crippen LogP contribution < -0.4 is 10.6 Å². The van der Waals surface area contributed by atoms with Crippen molar-refractivity contribution in [2.45, 2.75) is 31.1 Å². The molecular formula is C11H22N2O4S2. The summed E-state index contributed by atoms with van der Waals surface area (Å²) in [6.07, 6.45) is 4.48. The van der Waals surface area contributed by atoms with Crippen LogP contribution in [0.5, 0.6) is 0 Å². The first-order chi connectivity index (χ1) is 8.88. The maximum absolute atomic E-state index is 11.5. The van der Waals surface area contributed by atoms with E-state index in [1.807, 2.05) is 13.2 Å². The molecule has 0 radical (unpaired) electrons. The van der Waals surface area contributed by atoms with Crippen LogP contribution >= 0.6 is 11.8 Å². The van der Waals surface area contributed by atoms with Crippen LogP contribution in [0, 0.1) is 0 Å². The molecule has 0 bridgehead atoms. The van der Waals surface area contributed by atoms with E-state index < -0.39 is 28.8 Å². The summed E-state index contributed by atoms with van der Waals surface area (Å²) in [5, 5.41) is 13.9. The van der Waals surface area contributed by atoms with E-state index in [0.717, 1.165) is 0 Å². The highest BCUT2D eigenvalue weighted by molar-refractivity contribution is 7.98. The van der Waals surface area contributed by atoms with Crippen molar-refractivity contribution < 1.29 is 18.9 Å². The molecule has 0 aromatic rings. The third-order valence-corrected chi connectivity index (χ3v) is 4.63. The van der Waals surface area contributed by atoms with Gasteiger partial charge in [0.25, 0.3) is 0 Å². The second kappa shape index (κ2) is 10.1. The lowest BCUT2D eigenvalue weighted by atomic mass is 10.2. The number of hydrogen-bond acceptors (Lipinski definition) is 4. The number of thioether (sulfide) groups is 1. The molecule has 112 valence electrons. The van der Waals surface area contributed by atoms with Crippen LogP contribution in [0.4, 0.5) is 4.79 Å². The van der Waals surface area contributed by atoms with Crippen molar-refractivity contribution in [3.8, 4) is 0 Å². The summed E-state index contributed by atoms with van der Waals surface area (Å²) < 4.78 is 11.1. The zero-order chi connectivity index (χ0) is 14.8. The molecule has 0 heterocycles. The fourth-order valence-electron chi connectivity index (χ4n) is 1.26. The second-order valence-electron chi connectivity index (χ2n) is 4.17. The summed E-state index contributed by atoms with van der Waals surface area (Å²) in [7, 11) is -0.916. The molecule has 0 saturated heterocycles. The Morgan fingerprint density at radius 1 is 1.37 bits per heavy atom. The SMILES string of the molecule is CSCCC(NC(=O)NCCC(C)S(C)=O)C(=O)O. The van der Waals surface area contributed by atoms with E-state index in [4.69, 9.17) is 5.11 Å². The molecule has 8 heteroatoms. The van der Waals surface area contributed by atoms with E-state index in [9.17, 15) is 13.8 Å². The number of urea groups is 1. The van der Waals surface area contributed by atoms with Crippen molar-refractivity contribution in [1.29, 1.82) is 0 Å². The molecule has 0 aromatic carbocycles. The molecule has 0 aliphatic rings. The summed E-state index contributed by atoms with van der Waals surface area (Å²) in [5.41, 5.74) is 0. The van der Waals surface area contributed by atoms with Crippen molar-refractivity contribution in [2.24, 2.45) is 0 Å². The minimum absolute atomic E-state index is 0.00654. The number of hydrogen-bond donors (Lipinski definition) is 3. The maximum Gasteiger partial charge on any atom is 0.326 e. The minimum atomic E-state index is -1.03. The summed E-state index contributed by atoms with van der Waals surface area (Å²) in [4.78, 5) is 22.4. The average molecular weight is 310 g/mol. The van der Waals surface area contributed by atoms with E-state index in [-0.39, 0.29) is 5.25 Å². The van der Waals surface area contributed by atoms with Crippen LogP contribution in [0.15, 0.2) is 0 Å². The zero-order valence-electron chi connectivity index (χ0n) is 11.5. The quantitative estimate of drug-likeness (QED) is 0.581. The molecule has 19 heavy (non-hydrogen) atoms. The standard InChI is InChI=1S/C11H22N2O4S2/c1-8(19(3)17)4-6-12-11(16)13-9(10(14)15)5-7-18-2/h8-9H,4-7H2,1-3H3,(H,14,15)(H2,12,13,16). The number of nitrogens with one attached hydrogen (secondary N) is 2. The molecular weight excluding hydrogens is 288 g/mol. The number of aliphatic carboxylic acids is 1. The molecule has 3 unspecified atom stereocenters. The predicted molar refractivity (Wildman–Crippen MR) is 79.1 cm³/mol. The van der Waals surface area contributed by atoms with E-state index >= 15 is 0 Å². The second-order valence-corrected chi connectivity index (χ2v) is 6.96. The summed E-state index contributed by atoms with van der Waals surface area (Å²) in [6.45, 7) is 2.22. The molecule has 0 rings (SSSR count). The predicted octanol–water partition coefficient (Wildman–Crippen LogP) is 0.649. The molecule has 0 aliphatic carbocycles. The van der Waals surface area contributed by atoms with Gasteiger partial charge in [0.05, 0.1) is 0 Å². The van der Waals surface area contributed by atoms with Crippen molar-refractivity contribution in [3.05, 3.63) is 0 Å². The first kappa shape index (κ1) is 18.2. The lowest BCUT2D eigenvalue weighted by molar-refractivity contribution is -0.139. The van der Waals surface area contributed by atoms with E-state index in [2.05, 4.69) is 10.6 Å². The van der Waals surface area contributed by atoms with Crippen molar-refractivity contribution >= 4 is 34.6 Å².